The number of hydrogen-bond donors (Lipinski definition) is 6. The molecule has 0 radical (unpaired) electrons. The molecule has 8 N–H and O–H groups in total. The number of aromatic nitrogens is 4. The topological polar surface area (TPSA) is 233 Å². The summed E-state index contributed by atoms with van der Waals surface area (Å²) in [6.45, 7) is 4.26. The first-order chi connectivity index (χ1) is 21.2. The second-order valence-corrected chi connectivity index (χ2v) is 14.8. The highest BCUT2D eigenvalue weighted by Crippen LogP contribution is 2.68. The molecule has 1 aliphatic carbocycles. The van der Waals surface area contributed by atoms with Crippen LogP contribution < -0.4 is 21.7 Å². The van der Waals surface area contributed by atoms with Gasteiger partial charge in [-0.2, -0.15) is 9.97 Å². The minimum atomic E-state index is -4.00. The van der Waals surface area contributed by atoms with E-state index >= 15 is 0 Å². The van der Waals surface area contributed by atoms with E-state index in [1.54, 1.807) is 32.4 Å². The number of benzene rings is 1. The van der Waals surface area contributed by atoms with E-state index in [-0.39, 0.29) is 49.0 Å². The first kappa shape index (κ1) is 33.7. The molecule has 1 saturated carbocycles. The van der Waals surface area contributed by atoms with Crippen molar-refractivity contribution in [1.29, 1.82) is 0 Å². The Labute approximate surface area is 264 Å². The Hall–Kier alpha value is -2.70. The highest BCUT2D eigenvalue weighted by molar-refractivity contribution is 8.13. The van der Waals surface area contributed by atoms with Crippen molar-refractivity contribution >= 4 is 47.6 Å². The predicted molar refractivity (Wildman–Crippen MR) is 167 cm³/mol. The van der Waals surface area contributed by atoms with E-state index in [0.717, 1.165) is 17.3 Å². The Morgan fingerprint density at radius 2 is 2.00 bits per heavy atom. The van der Waals surface area contributed by atoms with Crippen LogP contribution in [0.2, 0.25) is 0 Å². The van der Waals surface area contributed by atoms with Crippen LogP contribution in [0.1, 0.15) is 32.4 Å². The molecule has 0 spiro atoms. The van der Waals surface area contributed by atoms with Gasteiger partial charge in [-0.3, -0.25) is 18.9 Å². The van der Waals surface area contributed by atoms with E-state index in [0.29, 0.717) is 11.2 Å². The first-order valence-corrected chi connectivity index (χ1v) is 16.7. The third-order valence-corrected chi connectivity index (χ3v) is 10.9. The smallest absolute Gasteiger partial charge is 0.395 e. The number of nitrogen functional groups attached to an aromatic ring is 1. The number of hydrogen-bond acceptors (Lipinski definition) is 15. The van der Waals surface area contributed by atoms with Crippen LogP contribution in [-0.4, -0.2) is 96.0 Å². The van der Waals surface area contributed by atoms with Crippen molar-refractivity contribution in [2.75, 3.05) is 43.4 Å². The summed E-state index contributed by atoms with van der Waals surface area (Å²) in [4.78, 5) is 25.1. The number of nitrogens with one attached hydrogen (secondary N) is 1. The largest absolute Gasteiger partial charge is 0.405 e. The van der Waals surface area contributed by atoms with Crippen molar-refractivity contribution in [3.05, 3.63) is 42.2 Å². The van der Waals surface area contributed by atoms with Crippen LogP contribution in [-0.2, 0) is 29.7 Å². The molecule has 3 heterocycles. The number of nitrogens with two attached hydrogens (primary N) is 2. The van der Waals surface area contributed by atoms with Gasteiger partial charge in [0.1, 0.15) is 29.5 Å². The number of carbonyl (C=O) groups excluding carboxylic acids is 1. The monoisotopic (exact) mass is 666 g/mol. The molecule has 16 nitrogen and oxygen atoms in total. The molecule has 2 fully saturated rings. The van der Waals surface area contributed by atoms with Gasteiger partial charge in [0.25, 0.3) is 0 Å². The molecule has 5 rings (SSSR count). The van der Waals surface area contributed by atoms with Gasteiger partial charge in [0.05, 0.1) is 31.6 Å². The van der Waals surface area contributed by atoms with E-state index in [9.17, 15) is 24.7 Å². The average molecular weight is 667 g/mol. The molecule has 3 aromatic rings. The standard InChI is InChI=1S/C27H39N8O8PS/c1-25(2,14-36)23(38)45-11-10-41-44(40,31-12-16-8-6-5-7-9-16)42-13-17-19(37)27(39)22(26(27,3)43-17)35-15-30-18-20(34(4)29)32-24(28)33-21(18)35/h5-9,15,17,19,22,36-37,39H,10-14,29H2,1-4H3,(H,31,40)(H2,28,32,33)/t17-,19?,22-,26?,27?,44?/m1/s1. The van der Waals surface area contributed by atoms with E-state index < -0.39 is 42.6 Å². The molecular weight excluding hydrogens is 627 g/mol. The number of anilines is 2. The quantitative estimate of drug-likeness (QED) is 0.0602. The number of aliphatic hydroxyl groups excluding tert-OH is 2. The van der Waals surface area contributed by atoms with Gasteiger partial charge in [-0.05, 0) is 26.3 Å². The van der Waals surface area contributed by atoms with Crippen molar-refractivity contribution in [3.63, 3.8) is 0 Å². The summed E-state index contributed by atoms with van der Waals surface area (Å²) < 4.78 is 32.8. The van der Waals surface area contributed by atoms with Crippen molar-refractivity contribution in [2.45, 2.75) is 56.8 Å². The van der Waals surface area contributed by atoms with Crippen molar-refractivity contribution in [1.82, 2.24) is 24.6 Å². The Bertz CT molecular complexity index is 1600. The molecule has 246 valence electrons. The lowest BCUT2D eigenvalue weighted by Gasteiger charge is -2.26. The van der Waals surface area contributed by atoms with E-state index in [4.69, 9.17) is 25.4 Å². The van der Waals surface area contributed by atoms with Crippen molar-refractivity contribution < 1.29 is 38.5 Å². The number of ether oxygens (including phenoxy) is 1. The molecule has 18 heteroatoms. The van der Waals surface area contributed by atoms with Crippen LogP contribution in [0.5, 0.6) is 0 Å². The van der Waals surface area contributed by atoms with Gasteiger partial charge in [0, 0.05) is 19.3 Å². The zero-order valence-electron chi connectivity index (χ0n) is 25.4. The van der Waals surface area contributed by atoms with Crippen LogP contribution in [0.25, 0.3) is 11.2 Å². The Morgan fingerprint density at radius 1 is 1.29 bits per heavy atom. The van der Waals surface area contributed by atoms with Crippen LogP contribution >= 0.6 is 19.5 Å². The number of rotatable bonds is 14. The second-order valence-electron chi connectivity index (χ2n) is 11.9. The van der Waals surface area contributed by atoms with Gasteiger partial charge in [-0.15, -0.1) is 0 Å². The lowest BCUT2D eigenvalue weighted by atomic mass is 9.97. The second kappa shape index (κ2) is 12.5. The highest BCUT2D eigenvalue weighted by Gasteiger charge is 2.85. The van der Waals surface area contributed by atoms with Crippen molar-refractivity contribution in [3.8, 4) is 0 Å². The van der Waals surface area contributed by atoms with E-state index in [2.05, 4.69) is 20.0 Å². The molecule has 0 amide bonds. The molecule has 2 aliphatic rings. The molecular formula is C27H39N8O8PS. The lowest BCUT2D eigenvalue weighted by molar-refractivity contribution is -0.119. The fraction of sp³-hybridized carbons (Fsp3) is 0.556. The fourth-order valence-corrected chi connectivity index (χ4v) is 7.69. The predicted octanol–water partition coefficient (Wildman–Crippen LogP) is 0.732. The summed E-state index contributed by atoms with van der Waals surface area (Å²) in [6, 6.07) is 8.41. The van der Waals surface area contributed by atoms with Gasteiger partial charge in [-0.1, -0.05) is 42.1 Å². The van der Waals surface area contributed by atoms with Crippen molar-refractivity contribution in [2.24, 2.45) is 11.3 Å². The lowest BCUT2D eigenvalue weighted by Crippen LogP contribution is -2.40. The van der Waals surface area contributed by atoms with Gasteiger partial charge in [-0.25, -0.2) is 20.5 Å². The summed E-state index contributed by atoms with van der Waals surface area (Å²) in [5.74, 6) is 6.28. The van der Waals surface area contributed by atoms with Crippen LogP contribution in [0.15, 0.2) is 36.7 Å². The maximum atomic E-state index is 13.8. The van der Waals surface area contributed by atoms with Gasteiger partial charge in [0.2, 0.25) is 5.95 Å². The summed E-state index contributed by atoms with van der Waals surface area (Å²) >= 11 is 0.955. The summed E-state index contributed by atoms with van der Waals surface area (Å²) in [5.41, 5.74) is 3.40. The molecule has 1 aromatic carbocycles. The molecule has 45 heavy (non-hydrogen) atoms. The van der Waals surface area contributed by atoms with Crippen LogP contribution in [0.4, 0.5) is 11.8 Å². The van der Waals surface area contributed by atoms with Crippen LogP contribution in [0.3, 0.4) is 0 Å². The number of thioether (sulfide) groups is 1. The molecule has 2 aromatic heterocycles. The third-order valence-electron chi connectivity index (χ3n) is 8.14. The number of fused-ring (bicyclic) bond motifs is 2. The summed E-state index contributed by atoms with van der Waals surface area (Å²) in [7, 11) is -2.42. The number of hydrazine groups is 1. The first-order valence-electron chi connectivity index (χ1n) is 14.2. The Kier molecular flexibility index (Phi) is 9.34. The Balaban J connectivity index is 1.27. The fourth-order valence-electron chi connectivity index (χ4n) is 5.45. The zero-order chi connectivity index (χ0) is 32.8. The minimum absolute atomic E-state index is 0.0501. The summed E-state index contributed by atoms with van der Waals surface area (Å²) in [5, 5.41) is 36.2. The molecule has 6 atom stereocenters. The molecule has 1 saturated heterocycles. The minimum Gasteiger partial charge on any atom is -0.395 e. The SMILES string of the molecule is CN(N)c1nc(N)nc2c1ncn2[C@@H]1C2(C)O[C@H](COP(=O)(NCc3ccccc3)OCCSC(=O)C(C)(C)CO)C(O)C12O. The summed E-state index contributed by atoms with van der Waals surface area (Å²) in [6.07, 6.45) is -1.06. The van der Waals surface area contributed by atoms with Gasteiger partial charge < -0.3 is 30.4 Å². The molecule has 1 aliphatic heterocycles. The van der Waals surface area contributed by atoms with Crippen LogP contribution in [0, 0.1) is 5.41 Å². The van der Waals surface area contributed by atoms with Gasteiger partial charge >= 0.3 is 7.75 Å². The van der Waals surface area contributed by atoms with E-state index in [1.165, 1.54) is 11.3 Å². The highest BCUT2D eigenvalue weighted by atomic mass is 32.2. The average Bonchev–Trinajstić information content (AvgIpc) is 3.22. The van der Waals surface area contributed by atoms with E-state index in [1.807, 2.05) is 30.3 Å². The molecule has 0 bridgehead atoms. The van der Waals surface area contributed by atoms with Gasteiger partial charge in [0.15, 0.2) is 22.1 Å². The third kappa shape index (κ3) is 6.22. The Morgan fingerprint density at radius 3 is 2.62 bits per heavy atom. The normalized spacial score (nSPS) is 27.3. The number of carbonyl (C=O) groups is 1. The zero-order valence-corrected chi connectivity index (χ0v) is 27.1. The maximum absolute atomic E-state index is 13.8. The number of nitrogens with zero attached hydrogens (tertiary/aromatic N) is 5. The molecule has 4 unspecified atom stereocenters. The number of imidazole rings is 1. The number of aliphatic hydroxyl groups is 3. The maximum Gasteiger partial charge on any atom is 0.405 e.